The van der Waals surface area contributed by atoms with Gasteiger partial charge in [0.15, 0.2) is 16.8 Å². The Hall–Kier alpha value is -1.69. The van der Waals surface area contributed by atoms with Gasteiger partial charge in [-0.1, -0.05) is 11.6 Å². The quantitative estimate of drug-likeness (QED) is 0.916. The molecule has 0 fully saturated rings. The van der Waals surface area contributed by atoms with Crippen molar-refractivity contribution in [2.45, 2.75) is 33.9 Å². The van der Waals surface area contributed by atoms with Crippen molar-refractivity contribution in [1.82, 2.24) is 25.0 Å². The molecule has 0 aliphatic heterocycles. The number of halogens is 1. The normalized spacial score (nSPS) is 10.7. The monoisotopic (exact) mass is 266 g/mol. The van der Waals surface area contributed by atoms with Gasteiger partial charge in [0, 0.05) is 6.54 Å². The molecule has 2 aromatic heterocycles. The second kappa shape index (κ2) is 5.30. The third-order valence-corrected chi connectivity index (χ3v) is 3.27. The highest BCUT2D eigenvalue weighted by atomic mass is 35.5. The van der Waals surface area contributed by atoms with E-state index in [0.29, 0.717) is 11.7 Å². The molecule has 0 aliphatic rings. The maximum atomic E-state index is 5.91. The lowest BCUT2D eigenvalue weighted by molar-refractivity contribution is 0.706. The third kappa shape index (κ3) is 2.43. The number of aryl methyl sites for hydroxylation is 1. The topological polar surface area (TPSA) is 68.5 Å². The molecular formula is C11H15ClN6. The second-order valence-electron chi connectivity index (χ2n) is 3.98. The molecule has 0 unspecified atom stereocenters. The summed E-state index contributed by atoms with van der Waals surface area (Å²) in [5.74, 6) is 1.59. The molecule has 0 atom stereocenters. The smallest absolute Gasteiger partial charge is 0.155 e. The maximum absolute atomic E-state index is 5.91. The van der Waals surface area contributed by atoms with Gasteiger partial charge in [-0.2, -0.15) is 0 Å². The van der Waals surface area contributed by atoms with Gasteiger partial charge in [-0.05, 0) is 31.9 Å². The first kappa shape index (κ1) is 12.8. The zero-order valence-corrected chi connectivity index (χ0v) is 11.4. The SMILES string of the molecule is CCn1cnnc1CNc1nnc(Cl)c(C)c1C. The minimum atomic E-state index is 0.440. The van der Waals surface area contributed by atoms with Crippen LogP contribution < -0.4 is 5.32 Å². The lowest BCUT2D eigenvalue weighted by Gasteiger charge is -2.10. The summed E-state index contributed by atoms with van der Waals surface area (Å²) in [5.41, 5.74) is 1.93. The number of nitrogens with one attached hydrogen (secondary N) is 1. The Balaban J connectivity index is 2.14. The van der Waals surface area contributed by atoms with Crippen molar-refractivity contribution in [1.29, 1.82) is 0 Å². The Labute approximate surface area is 110 Å². The molecule has 2 heterocycles. The largest absolute Gasteiger partial charge is 0.361 e. The minimum absolute atomic E-state index is 0.440. The summed E-state index contributed by atoms with van der Waals surface area (Å²) in [4.78, 5) is 0. The van der Waals surface area contributed by atoms with Crippen LogP contribution in [0.25, 0.3) is 0 Å². The van der Waals surface area contributed by atoms with Crippen molar-refractivity contribution in [3.8, 4) is 0 Å². The molecule has 18 heavy (non-hydrogen) atoms. The van der Waals surface area contributed by atoms with Crippen molar-refractivity contribution >= 4 is 17.4 Å². The first-order valence-electron chi connectivity index (χ1n) is 5.73. The molecule has 1 N–H and O–H groups in total. The molecule has 0 saturated heterocycles. The van der Waals surface area contributed by atoms with E-state index in [2.05, 4.69) is 25.7 Å². The second-order valence-corrected chi connectivity index (χ2v) is 4.33. The number of nitrogens with zero attached hydrogens (tertiary/aromatic N) is 5. The summed E-state index contributed by atoms with van der Waals surface area (Å²) >= 11 is 5.91. The molecule has 0 saturated carbocycles. The summed E-state index contributed by atoms with van der Waals surface area (Å²) < 4.78 is 1.97. The van der Waals surface area contributed by atoms with Crippen LogP contribution in [0.1, 0.15) is 23.9 Å². The van der Waals surface area contributed by atoms with Gasteiger partial charge in [-0.15, -0.1) is 20.4 Å². The molecule has 7 heteroatoms. The molecule has 2 aromatic rings. The van der Waals surface area contributed by atoms with E-state index in [4.69, 9.17) is 11.6 Å². The molecule has 0 radical (unpaired) electrons. The van der Waals surface area contributed by atoms with E-state index >= 15 is 0 Å². The van der Waals surface area contributed by atoms with Crippen molar-refractivity contribution in [2.75, 3.05) is 5.32 Å². The van der Waals surface area contributed by atoms with Crippen molar-refractivity contribution in [3.05, 3.63) is 28.4 Å². The third-order valence-electron chi connectivity index (χ3n) is 2.92. The van der Waals surface area contributed by atoms with Crippen LogP contribution in [0, 0.1) is 13.8 Å². The van der Waals surface area contributed by atoms with Gasteiger partial charge in [0.1, 0.15) is 6.33 Å². The van der Waals surface area contributed by atoms with Gasteiger partial charge in [0.2, 0.25) is 0 Å². The predicted molar refractivity (Wildman–Crippen MR) is 69.5 cm³/mol. The predicted octanol–water partition coefficient (Wildman–Crippen LogP) is 1.97. The zero-order chi connectivity index (χ0) is 13.1. The first-order chi connectivity index (χ1) is 8.63. The van der Waals surface area contributed by atoms with Crippen molar-refractivity contribution in [2.24, 2.45) is 0 Å². The van der Waals surface area contributed by atoms with Gasteiger partial charge < -0.3 is 9.88 Å². The van der Waals surface area contributed by atoms with E-state index < -0.39 is 0 Å². The summed E-state index contributed by atoms with van der Waals surface area (Å²) in [5, 5.41) is 19.5. The average molecular weight is 267 g/mol. The van der Waals surface area contributed by atoms with Crippen LogP contribution in [0.3, 0.4) is 0 Å². The lowest BCUT2D eigenvalue weighted by Crippen LogP contribution is -2.10. The van der Waals surface area contributed by atoms with Crippen LogP contribution in [-0.2, 0) is 13.1 Å². The molecule has 96 valence electrons. The number of aromatic nitrogens is 5. The van der Waals surface area contributed by atoms with E-state index in [1.807, 2.05) is 25.3 Å². The molecule has 0 aliphatic carbocycles. The van der Waals surface area contributed by atoms with Crippen molar-refractivity contribution in [3.63, 3.8) is 0 Å². The summed E-state index contributed by atoms with van der Waals surface area (Å²) in [7, 11) is 0. The first-order valence-corrected chi connectivity index (χ1v) is 6.11. The molecule has 0 amide bonds. The minimum Gasteiger partial charge on any atom is -0.361 e. The maximum Gasteiger partial charge on any atom is 0.155 e. The molecule has 6 nitrogen and oxygen atoms in total. The Bertz CT molecular complexity index is 550. The fourth-order valence-electron chi connectivity index (χ4n) is 1.59. The van der Waals surface area contributed by atoms with Crippen molar-refractivity contribution < 1.29 is 0 Å². The number of rotatable bonds is 4. The Morgan fingerprint density at radius 2 is 2.00 bits per heavy atom. The van der Waals surface area contributed by atoms with Crippen LogP contribution in [-0.4, -0.2) is 25.0 Å². The fraction of sp³-hybridized carbons (Fsp3) is 0.455. The summed E-state index contributed by atoms with van der Waals surface area (Å²) in [6.45, 7) is 7.33. The van der Waals surface area contributed by atoms with E-state index in [0.717, 1.165) is 29.3 Å². The fourth-order valence-corrected chi connectivity index (χ4v) is 1.77. The van der Waals surface area contributed by atoms with Crippen LogP contribution in [0.15, 0.2) is 6.33 Å². The van der Waals surface area contributed by atoms with E-state index in [1.165, 1.54) is 0 Å². The highest BCUT2D eigenvalue weighted by Crippen LogP contribution is 2.20. The van der Waals surface area contributed by atoms with Gasteiger partial charge in [0.25, 0.3) is 0 Å². The summed E-state index contributed by atoms with van der Waals surface area (Å²) in [6.07, 6.45) is 1.71. The summed E-state index contributed by atoms with van der Waals surface area (Å²) in [6, 6.07) is 0. The zero-order valence-electron chi connectivity index (χ0n) is 10.6. The van der Waals surface area contributed by atoms with Gasteiger partial charge in [0.05, 0.1) is 6.54 Å². The molecule has 0 spiro atoms. The van der Waals surface area contributed by atoms with Crippen LogP contribution in [0.5, 0.6) is 0 Å². The van der Waals surface area contributed by atoms with Gasteiger partial charge in [-0.25, -0.2) is 0 Å². The average Bonchev–Trinajstić information content (AvgIpc) is 2.82. The molecular weight excluding hydrogens is 252 g/mol. The van der Waals surface area contributed by atoms with E-state index in [1.54, 1.807) is 6.33 Å². The van der Waals surface area contributed by atoms with E-state index in [-0.39, 0.29) is 0 Å². The van der Waals surface area contributed by atoms with E-state index in [9.17, 15) is 0 Å². The standard InChI is InChI=1S/C11H15ClN6/c1-4-18-6-14-15-9(18)5-13-11-8(3)7(2)10(12)16-17-11/h6H,4-5H2,1-3H3,(H,13,17). The number of anilines is 1. The van der Waals surface area contributed by atoms with Gasteiger partial charge >= 0.3 is 0 Å². The lowest BCUT2D eigenvalue weighted by atomic mass is 10.2. The molecule has 0 aromatic carbocycles. The Kier molecular flexibility index (Phi) is 3.76. The molecule has 2 rings (SSSR count). The van der Waals surface area contributed by atoms with Crippen LogP contribution in [0.2, 0.25) is 5.15 Å². The number of hydrogen-bond donors (Lipinski definition) is 1. The number of hydrogen-bond acceptors (Lipinski definition) is 5. The van der Waals surface area contributed by atoms with Gasteiger partial charge in [-0.3, -0.25) is 0 Å². The van der Waals surface area contributed by atoms with Crippen LogP contribution in [0.4, 0.5) is 5.82 Å². The Morgan fingerprint density at radius 1 is 1.22 bits per heavy atom. The molecule has 0 bridgehead atoms. The highest BCUT2D eigenvalue weighted by Gasteiger charge is 2.09. The highest BCUT2D eigenvalue weighted by molar-refractivity contribution is 6.30. The van der Waals surface area contributed by atoms with Crippen LogP contribution >= 0.6 is 11.6 Å². The Morgan fingerprint density at radius 3 is 2.72 bits per heavy atom.